The molecule has 0 fully saturated rings. The van der Waals surface area contributed by atoms with Crippen molar-refractivity contribution >= 4 is 8.07 Å². The van der Waals surface area contributed by atoms with Crippen molar-refractivity contribution in [3.8, 4) is 11.5 Å². The molecule has 0 heterocycles. The van der Waals surface area contributed by atoms with Crippen LogP contribution in [-0.2, 0) is 5.41 Å². The summed E-state index contributed by atoms with van der Waals surface area (Å²) >= 11 is 0. The van der Waals surface area contributed by atoms with Crippen LogP contribution in [0.15, 0.2) is 72.8 Å². The lowest BCUT2D eigenvalue weighted by Gasteiger charge is -2.48. The van der Waals surface area contributed by atoms with E-state index in [-0.39, 0.29) is 5.41 Å². The molecule has 0 saturated carbocycles. The minimum absolute atomic E-state index is 0.328. The predicted octanol–water partition coefficient (Wildman–Crippen LogP) is 5.71. The number of hydrogen-bond acceptors (Lipinski definition) is 0. The van der Waals surface area contributed by atoms with Crippen molar-refractivity contribution < 1.29 is 0 Å². The fourth-order valence-electron chi connectivity index (χ4n) is 4.69. The molecule has 0 radical (unpaired) electrons. The average Bonchev–Trinajstić information content (AvgIpc) is 2.66. The van der Waals surface area contributed by atoms with Gasteiger partial charge < -0.3 is 0 Å². The lowest BCUT2D eigenvalue weighted by atomic mass is 9.53. The van der Waals surface area contributed by atoms with Gasteiger partial charge in [-0.05, 0) is 33.4 Å². The van der Waals surface area contributed by atoms with E-state index in [1.54, 1.807) is 0 Å². The summed E-state index contributed by atoms with van der Waals surface area (Å²) in [4.78, 5) is 0. The van der Waals surface area contributed by atoms with E-state index in [2.05, 4.69) is 104 Å². The van der Waals surface area contributed by atoms with Crippen molar-refractivity contribution in [2.24, 2.45) is 0 Å². The zero-order valence-electron chi connectivity index (χ0n) is 15.5. The maximum absolute atomic E-state index is 3.84. The molecule has 1 heteroatoms. The fourth-order valence-corrected chi connectivity index (χ4v) is 5.25. The van der Waals surface area contributed by atoms with Gasteiger partial charge in [-0.25, -0.2) is 0 Å². The van der Waals surface area contributed by atoms with E-state index in [0.29, 0.717) is 5.92 Å². The van der Waals surface area contributed by atoms with E-state index in [1.807, 2.05) is 0 Å². The lowest BCUT2D eigenvalue weighted by molar-refractivity contribution is 0.666. The Labute approximate surface area is 156 Å². The Hall–Kier alpha value is -2.56. The van der Waals surface area contributed by atoms with Crippen molar-refractivity contribution in [2.75, 3.05) is 0 Å². The lowest BCUT2D eigenvalue weighted by Crippen LogP contribution is -2.41. The van der Waals surface area contributed by atoms with Crippen LogP contribution in [0, 0.1) is 11.5 Å². The molecule has 3 aliphatic rings. The molecule has 6 rings (SSSR count). The first-order chi connectivity index (χ1) is 12.5. The minimum Gasteiger partial charge on any atom is -0.130 e. The molecule has 0 spiro atoms. The highest BCUT2D eigenvalue weighted by atomic mass is 28.3. The second kappa shape index (κ2) is 5.22. The topological polar surface area (TPSA) is 0 Å². The van der Waals surface area contributed by atoms with E-state index in [4.69, 9.17) is 0 Å². The number of hydrogen-bond donors (Lipinski definition) is 0. The zero-order chi connectivity index (χ0) is 17.9. The Morgan fingerprint density at radius 1 is 0.654 bits per heavy atom. The van der Waals surface area contributed by atoms with Gasteiger partial charge in [-0.2, -0.15) is 0 Å². The molecule has 0 nitrogen and oxygen atoms in total. The standard InChI is InChI=1S/C25H22Si/c1-26(2,3)17-16-25-21-13-7-4-10-18(21)24(19-11-5-8-14-22(19)25)20-12-6-9-15-23(20)25/h4-15,24H,1-3H3. The Morgan fingerprint density at radius 2 is 1.04 bits per heavy atom. The van der Waals surface area contributed by atoms with Crippen molar-refractivity contribution in [3.05, 3.63) is 106 Å². The van der Waals surface area contributed by atoms with Gasteiger partial charge in [-0.3, -0.25) is 0 Å². The van der Waals surface area contributed by atoms with E-state index < -0.39 is 8.07 Å². The molecule has 0 aromatic heterocycles. The largest absolute Gasteiger partial charge is 0.130 e. The van der Waals surface area contributed by atoms with Crippen LogP contribution < -0.4 is 0 Å². The Bertz CT molecular complexity index is 973. The highest BCUT2D eigenvalue weighted by Crippen LogP contribution is 2.58. The molecule has 0 unspecified atom stereocenters. The van der Waals surface area contributed by atoms with Gasteiger partial charge >= 0.3 is 0 Å². The normalized spacial score (nSPS) is 21.9. The molecule has 3 aromatic rings. The van der Waals surface area contributed by atoms with Crippen molar-refractivity contribution in [1.82, 2.24) is 0 Å². The first-order valence-corrected chi connectivity index (χ1v) is 12.8. The Balaban J connectivity index is 1.97. The summed E-state index contributed by atoms with van der Waals surface area (Å²) in [5.41, 5.74) is 11.8. The molecule has 0 N–H and O–H groups in total. The Kier molecular flexibility index (Phi) is 3.15. The van der Waals surface area contributed by atoms with Crippen LogP contribution >= 0.6 is 0 Å². The number of benzene rings is 3. The third-order valence-electron chi connectivity index (χ3n) is 5.65. The van der Waals surface area contributed by atoms with Crippen molar-refractivity contribution in [2.45, 2.75) is 31.0 Å². The molecule has 3 aliphatic carbocycles. The van der Waals surface area contributed by atoms with E-state index in [0.717, 1.165) is 0 Å². The smallest absolute Gasteiger partial charge is 0.129 e. The molecular formula is C25H22Si. The van der Waals surface area contributed by atoms with Crippen LogP contribution in [-0.4, -0.2) is 8.07 Å². The third kappa shape index (κ3) is 1.97. The quantitative estimate of drug-likeness (QED) is 0.360. The molecule has 26 heavy (non-hydrogen) atoms. The molecule has 126 valence electrons. The molecule has 0 atom stereocenters. The highest BCUT2D eigenvalue weighted by Gasteiger charge is 2.50. The van der Waals surface area contributed by atoms with Crippen LogP contribution in [0.25, 0.3) is 0 Å². The first kappa shape index (κ1) is 15.7. The van der Waals surface area contributed by atoms with Crippen LogP contribution in [0.3, 0.4) is 0 Å². The molecule has 3 aromatic carbocycles. The second-order valence-corrected chi connectivity index (χ2v) is 13.2. The molecular weight excluding hydrogens is 328 g/mol. The fraction of sp³-hybridized carbons (Fsp3) is 0.200. The van der Waals surface area contributed by atoms with Gasteiger partial charge in [0, 0.05) is 5.92 Å². The van der Waals surface area contributed by atoms with E-state index >= 15 is 0 Å². The first-order valence-electron chi connectivity index (χ1n) is 9.35. The van der Waals surface area contributed by atoms with E-state index in [1.165, 1.54) is 33.4 Å². The average molecular weight is 351 g/mol. The molecule has 2 bridgehead atoms. The summed E-state index contributed by atoms with van der Waals surface area (Å²) in [6, 6.07) is 26.8. The van der Waals surface area contributed by atoms with Gasteiger partial charge in [0.2, 0.25) is 0 Å². The maximum atomic E-state index is 3.84. The van der Waals surface area contributed by atoms with Crippen LogP contribution in [0.4, 0.5) is 0 Å². The van der Waals surface area contributed by atoms with Gasteiger partial charge in [0.25, 0.3) is 0 Å². The molecule has 0 aliphatic heterocycles. The monoisotopic (exact) mass is 350 g/mol. The summed E-state index contributed by atoms with van der Waals surface area (Å²) in [6.45, 7) is 6.98. The van der Waals surface area contributed by atoms with Crippen LogP contribution in [0.2, 0.25) is 19.6 Å². The third-order valence-corrected chi connectivity index (χ3v) is 6.53. The van der Waals surface area contributed by atoms with Gasteiger partial charge in [-0.15, -0.1) is 5.54 Å². The van der Waals surface area contributed by atoms with Crippen LogP contribution in [0.5, 0.6) is 0 Å². The van der Waals surface area contributed by atoms with Gasteiger partial charge in [-0.1, -0.05) is 98.4 Å². The maximum Gasteiger partial charge on any atom is 0.129 e. The van der Waals surface area contributed by atoms with Crippen LogP contribution in [0.1, 0.15) is 39.3 Å². The summed E-state index contributed by atoms with van der Waals surface area (Å²) in [5.74, 6) is 4.17. The summed E-state index contributed by atoms with van der Waals surface area (Å²) < 4.78 is 0. The minimum atomic E-state index is -1.51. The van der Waals surface area contributed by atoms with Gasteiger partial charge in [0.05, 0.1) is 0 Å². The number of rotatable bonds is 0. The predicted molar refractivity (Wildman–Crippen MR) is 111 cm³/mol. The van der Waals surface area contributed by atoms with Gasteiger partial charge in [0.1, 0.15) is 13.5 Å². The van der Waals surface area contributed by atoms with E-state index in [9.17, 15) is 0 Å². The van der Waals surface area contributed by atoms with Crippen molar-refractivity contribution in [1.29, 1.82) is 0 Å². The molecule has 0 saturated heterocycles. The van der Waals surface area contributed by atoms with Gasteiger partial charge in [0.15, 0.2) is 0 Å². The van der Waals surface area contributed by atoms with Crippen molar-refractivity contribution in [3.63, 3.8) is 0 Å². The molecule has 0 amide bonds. The summed E-state index contributed by atoms with van der Waals surface area (Å²) in [6.07, 6.45) is 0. The summed E-state index contributed by atoms with van der Waals surface area (Å²) in [7, 11) is -1.51. The summed E-state index contributed by atoms with van der Waals surface area (Å²) in [5, 5.41) is 0. The SMILES string of the molecule is C[Si](C)(C)C#CC12c3ccccc3C(c3ccccc31)c1ccccc12. The highest BCUT2D eigenvalue weighted by molar-refractivity contribution is 6.83. The zero-order valence-corrected chi connectivity index (χ0v) is 16.5. The second-order valence-electron chi connectivity index (χ2n) is 8.44. The Morgan fingerprint density at radius 3 is 1.42 bits per heavy atom.